The predicted octanol–water partition coefficient (Wildman–Crippen LogP) is 1.28. The van der Waals surface area contributed by atoms with Crippen molar-refractivity contribution in [2.45, 2.75) is 28.9 Å². The van der Waals surface area contributed by atoms with Gasteiger partial charge < -0.3 is 19.9 Å². The maximum Gasteiger partial charge on any atom is 0.320 e. The number of ether oxygens (including phenoxy) is 1. The number of likely N-dealkylation sites (tertiary alicyclic amines) is 1. The van der Waals surface area contributed by atoms with Crippen molar-refractivity contribution in [1.82, 2.24) is 24.3 Å². The van der Waals surface area contributed by atoms with Crippen LogP contribution in [-0.2, 0) is 19.6 Å². The highest BCUT2D eigenvalue weighted by Gasteiger charge is 2.68. The average molecular weight is 559 g/mol. The Bertz CT molecular complexity index is 1510. The molecular formula is C25H27ClN6O5S. The second kappa shape index (κ2) is 8.20. The molecule has 0 aliphatic carbocycles. The normalized spacial score (nSPS) is 27.0. The molecule has 4 fully saturated rings. The molecule has 1 N–H and O–H groups in total. The number of fused-ring (bicyclic) bond motifs is 2. The predicted molar refractivity (Wildman–Crippen MR) is 139 cm³/mol. The fraction of sp³-hybridized carbons (Fsp3) is 0.480. The van der Waals surface area contributed by atoms with E-state index in [4.69, 9.17) is 16.3 Å². The molecule has 2 aromatic rings. The Morgan fingerprint density at radius 2 is 1.79 bits per heavy atom. The molecular weight excluding hydrogens is 532 g/mol. The Balaban J connectivity index is 1.20. The number of hydrogen-bond acceptors (Lipinski definition) is 7. The minimum atomic E-state index is -4.01. The van der Waals surface area contributed by atoms with Gasteiger partial charge in [-0.05, 0) is 47.9 Å². The van der Waals surface area contributed by atoms with Gasteiger partial charge in [0.25, 0.3) is 6.02 Å². The van der Waals surface area contributed by atoms with E-state index in [1.54, 1.807) is 40.1 Å². The average Bonchev–Trinajstić information content (AvgIpc) is 3.61. The van der Waals surface area contributed by atoms with Gasteiger partial charge in [0.15, 0.2) is 5.66 Å². The maximum absolute atomic E-state index is 13.8. The lowest BCUT2D eigenvalue weighted by Crippen LogP contribution is -2.68. The number of amides is 3. The topological polar surface area (TPSA) is 115 Å². The zero-order chi connectivity index (χ0) is 26.3. The van der Waals surface area contributed by atoms with Gasteiger partial charge in [0.1, 0.15) is 6.61 Å². The van der Waals surface area contributed by atoms with Gasteiger partial charge in [0, 0.05) is 24.7 Å². The fourth-order valence-corrected chi connectivity index (χ4v) is 8.39. The summed E-state index contributed by atoms with van der Waals surface area (Å²) < 4.78 is 34.5. The number of urea groups is 1. The molecule has 38 heavy (non-hydrogen) atoms. The number of aliphatic imine (C=N–C) groups is 1. The van der Waals surface area contributed by atoms with E-state index in [0.717, 1.165) is 10.8 Å². The molecule has 0 bridgehead atoms. The quantitative estimate of drug-likeness (QED) is 0.594. The van der Waals surface area contributed by atoms with E-state index in [-0.39, 0.29) is 36.5 Å². The number of amidine groups is 1. The maximum atomic E-state index is 13.8. The minimum Gasteiger partial charge on any atom is -0.463 e. The number of halogens is 1. The molecule has 0 aromatic heterocycles. The molecule has 2 spiro atoms. The number of benzene rings is 2. The van der Waals surface area contributed by atoms with E-state index in [1.165, 1.54) is 10.4 Å². The van der Waals surface area contributed by atoms with Crippen LogP contribution in [0.25, 0.3) is 10.8 Å². The third-order valence-corrected chi connectivity index (χ3v) is 10.6. The summed E-state index contributed by atoms with van der Waals surface area (Å²) in [4.78, 5) is 36.9. The summed E-state index contributed by atoms with van der Waals surface area (Å²) in [7, 11) is -4.01. The summed E-state index contributed by atoms with van der Waals surface area (Å²) in [5, 5.41) is 5.04. The molecule has 5 aliphatic rings. The van der Waals surface area contributed by atoms with Crippen molar-refractivity contribution in [2.24, 2.45) is 4.99 Å². The highest BCUT2D eigenvalue weighted by Crippen LogP contribution is 2.48. The zero-order valence-corrected chi connectivity index (χ0v) is 22.2. The van der Waals surface area contributed by atoms with Gasteiger partial charge in [0.2, 0.25) is 15.9 Å². The van der Waals surface area contributed by atoms with Crippen molar-refractivity contribution in [3.05, 3.63) is 41.4 Å². The number of nitrogens with zero attached hydrogens (tertiary/aromatic N) is 5. The Labute approximate surface area is 225 Å². The summed E-state index contributed by atoms with van der Waals surface area (Å²) in [5.41, 5.74) is -1.64. The van der Waals surface area contributed by atoms with Crippen LogP contribution < -0.4 is 5.32 Å². The first-order chi connectivity index (χ1) is 18.2. The highest BCUT2D eigenvalue weighted by molar-refractivity contribution is 7.89. The Hall–Kier alpha value is -3.09. The van der Waals surface area contributed by atoms with E-state index < -0.39 is 21.2 Å². The Morgan fingerprint density at radius 1 is 1.03 bits per heavy atom. The van der Waals surface area contributed by atoms with Gasteiger partial charge >= 0.3 is 6.03 Å². The second-order valence-corrected chi connectivity index (χ2v) is 13.0. The van der Waals surface area contributed by atoms with Crippen LogP contribution in [0.1, 0.15) is 12.8 Å². The monoisotopic (exact) mass is 558 g/mol. The highest BCUT2D eigenvalue weighted by atomic mass is 35.5. The number of nitrogens with one attached hydrogen (secondary N) is 1. The van der Waals surface area contributed by atoms with E-state index in [1.807, 2.05) is 0 Å². The Morgan fingerprint density at radius 3 is 2.55 bits per heavy atom. The van der Waals surface area contributed by atoms with Gasteiger partial charge in [-0.3, -0.25) is 9.69 Å². The summed E-state index contributed by atoms with van der Waals surface area (Å²) in [6.07, 6.45) is 1.27. The molecule has 1 atom stereocenters. The molecule has 200 valence electrons. The molecule has 5 aliphatic heterocycles. The number of sulfonamides is 1. The number of carbonyl (C=O) groups excluding carboxylic acids is 2. The second-order valence-electron chi connectivity index (χ2n) is 10.6. The molecule has 3 amide bonds. The zero-order valence-electron chi connectivity index (χ0n) is 20.6. The van der Waals surface area contributed by atoms with Gasteiger partial charge in [-0.2, -0.15) is 4.31 Å². The van der Waals surface area contributed by atoms with Crippen molar-refractivity contribution < 1.29 is 22.7 Å². The molecule has 4 saturated heterocycles. The third-order valence-electron chi connectivity index (χ3n) is 8.56. The summed E-state index contributed by atoms with van der Waals surface area (Å²) in [6, 6.07) is 10.5. The van der Waals surface area contributed by atoms with Crippen molar-refractivity contribution in [3.63, 3.8) is 0 Å². The first-order valence-electron chi connectivity index (χ1n) is 12.7. The number of piperidine rings is 1. The molecule has 11 nitrogen and oxygen atoms in total. The molecule has 0 radical (unpaired) electrons. The molecule has 5 heterocycles. The van der Waals surface area contributed by atoms with Crippen LogP contribution in [0.4, 0.5) is 4.79 Å². The van der Waals surface area contributed by atoms with Crippen LogP contribution in [0, 0.1) is 0 Å². The van der Waals surface area contributed by atoms with Crippen LogP contribution in [-0.4, -0.2) is 109 Å². The smallest absolute Gasteiger partial charge is 0.320 e. The lowest BCUT2D eigenvalue weighted by molar-refractivity contribution is -0.143. The Kier molecular flexibility index (Phi) is 5.18. The number of carbonyl (C=O) groups is 2. The summed E-state index contributed by atoms with van der Waals surface area (Å²) in [5.74, 6) is -0.295. The number of hydrogen-bond donors (Lipinski definition) is 1. The minimum absolute atomic E-state index is 0.0136. The van der Waals surface area contributed by atoms with E-state index in [9.17, 15) is 18.0 Å². The van der Waals surface area contributed by atoms with Crippen LogP contribution in [0.15, 0.2) is 46.3 Å². The van der Waals surface area contributed by atoms with Crippen LogP contribution in [0.3, 0.4) is 0 Å². The fourth-order valence-electron chi connectivity index (χ4n) is 6.74. The molecule has 0 saturated carbocycles. The molecule has 7 rings (SSSR count). The van der Waals surface area contributed by atoms with Crippen molar-refractivity contribution in [1.29, 1.82) is 0 Å². The van der Waals surface area contributed by atoms with Gasteiger partial charge in [0.05, 0.1) is 36.6 Å². The van der Waals surface area contributed by atoms with Gasteiger partial charge in [-0.1, -0.05) is 23.7 Å². The summed E-state index contributed by atoms with van der Waals surface area (Å²) >= 11 is 6.08. The van der Waals surface area contributed by atoms with Crippen molar-refractivity contribution in [3.8, 4) is 0 Å². The van der Waals surface area contributed by atoms with Crippen molar-refractivity contribution in [2.75, 3.05) is 52.4 Å². The van der Waals surface area contributed by atoms with Gasteiger partial charge in [-0.15, -0.1) is 0 Å². The van der Waals surface area contributed by atoms with Crippen LogP contribution >= 0.6 is 11.6 Å². The molecule has 1 unspecified atom stereocenters. The SMILES string of the molecule is O=C1CN(S(=O)(=O)c2ccc3cc(Cl)ccc3c2)CC23CNC(=O)N2C2(CCN(C4=NCCO4)CC2)CN13. The lowest BCUT2D eigenvalue weighted by atomic mass is 9.86. The summed E-state index contributed by atoms with van der Waals surface area (Å²) in [6.45, 7) is 2.83. The first kappa shape index (κ1) is 24.0. The molecule has 2 aromatic carbocycles. The van der Waals surface area contributed by atoms with Crippen molar-refractivity contribution >= 4 is 50.4 Å². The largest absolute Gasteiger partial charge is 0.463 e. The number of rotatable bonds is 2. The number of piperazine rings is 1. The van der Waals surface area contributed by atoms with Crippen LogP contribution in [0.2, 0.25) is 5.02 Å². The first-order valence-corrected chi connectivity index (χ1v) is 14.5. The lowest BCUT2D eigenvalue weighted by Gasteiger charge is -2.47. The standard InChI is InChI=1S/C25H27ClN6O5S/c26-19-3-1-18-12-20(4-2-17(18)11-19)38(35,36)30-13-21(33)31-15-24(32-22(34)28-14-25(31,32)16-30)5-8-29(9-6-24)23-27-7-10-37-23/h1-4,11-12H,5-10,13-16H2,(H,28,34). The van der Waals surface area contributed by atoms with E-state index in [0.29, 0.717) is 56.7 Å². The molecule has 13 heteroatoms. The van der Waals surface area contributed by atoms with Crippen LogP contribution in [0.5, 0.6) is 0 Å². The van der Waals surface area contributed by atoms with Gasteiger partial charge in [-0.25, -0.2) is 18.2 Å². The third kappa shape index (κ3) is 3.36. The van der Waals surface area contributed by atoms with E-state index in [2.05, 4.69) is 15.2 Å². The van der Waals surface area contributed by atoms with E-state index >= 15 is 0 Å².